The van der Waals surface area contributed by atoms with E-state index in [4.69, 9.17) is 0 Å². The van der Waals surface area contributed by atoms with E-state index < -0.39 is 0 Å². The molecule has 3 rings (SSSR count). The van der Waals surface area contributed by atoms with E-state index in [0.717, 1.165) is 0 Å². The molecule has 0 bridgehead atoms. The molecule has 19 heavy (non-hydrogen) atoms. The summed E-state index contributed by atoms with van der Waals surface area (Å²) >= 11 is 0. The van der Waals surface area contributed by atoms with Crippen molar-refractivity contribution in [1.82, 2.24) is 0 Å². The highest BCUT2D eigenvalue weighted by Gasteiger charge is 2.09. The van der Waals surface area contributed by atoms with E-state index in [1.165, 1.54) is 27.2 Å². The van der Waals surface area contributed by atoms with Crippen LogP contribution in [0.15, 0.2) is 66.7 Å². The molecule has 0 spiro atoms. The lowest BCUT2D eigenvalue weighted by atomic mass is 9.98. The Kier molecular flexibility index (Phi) is 3.40. The van der Waals surface area contributed by atoms with Crippen LogP contribution in [0.3, 0.4) is 0 Å². The lowest BCUT2D eigenvalue weighted by Gasteiger charge is -2.15. The average molecular weight is 262 g/mol. The summed E-state index contributed by atoms with van der Waals surface area (Å²) in [6.07, 6.45) is 0. The van der Waals surface area contributed by atoms with Crippen molar-refractivity contribution in [2.75, 3.05) is 6.66 Å². The average Bonchev–Trinajstić information content (AvgIpc) is 2.46. The van der Waals surface area contributed by atoms with Crippen LogP contribution in [0, 0.1) is 0 Å². The monoisotopic (exact) mass is 262 g/mol. The van der Waals surface area contributed by atoms with Gasteiger partial charge in [0, 0.05) is 0 Å². The highest BCUT2D eigenvalue weighted by atomic mass is 31.1. The Labute approximate surface area is 116 Å². The SMILES string of the molecule is B[P@@](C)c1ccccc1-c1cccc2ccccc12. The van der Waals surface area contributed by atoms with E-state index in [1.807, 2.05) is 0 Å². The Morgan fingerprint density at radius 2 is 1.37 bits per heavy atom. The van der Waals surface area contributed by atoms with Gasteiger partial charge in [-0.25, -0.2) is 0 Å². The van der Waals surface area contributed by atoms with Crippen molar-refractivity contribution in [3.63, 3.8) is 0 Å². The van der Waals surface area contributed by atoms with Crippen LogP contribution in [0.5, 0.6) is 0 Å². The molecular weight excluding hydrogens is 246 g/mol. The molecule has 0 radical (unpaired) electrons. The summed E-state index contributed by atoms with van der Waals surface area (Å²) in [4.78, 5) is 0. The maximum atomic E-state index is 2.32. The van der Waals surface area contributed by atoms with Crippen LogP contribution in [0.25, 0.3) is 21.9 Å². The van der Waals surface area contributed by atoms with Crippen LogP contribution < -0.4 is 5.30 Å². The van der Waals surface area contributed by atoms with Crippen LogP contribution in [0.2, 0.25) is 0 Å². The van der Waals surface area contributed by atoms with Gasteiger partial charge in [0.15, 0.2) is 0 Å². The minimum Gasteiger partial charge on any atom is -0.121 e. The molecular formula is C17H16BP. The van der Waals surface area contributed by atoms with Crippen LogP contribution >= 0.6 is 7.80 Å². The molecule has 3 aromatic rings. The summed E-state index contributed by atoms with van der Waals surface area (Å²) in [5, 5.41) is 4.13. The predicted octanol–water partition coefficient (Wildman–Crippen LogP) is 3.79. The Balaban J connectivity index is 2.31. The van der Waals surface area contributed by atoms with E-state index in [9.17, 15) is 0 Å². The van der Waals surface area contributed by atoms with Gasteiger partial charge >= 0.3 is 0 Å². The molecule has 0 heterocycles. The summed E-state index contributed by atoms with van der Waals surface area (Å²) in [6.45, 7) is 2.32. The fourth-order valence-electron chi connectivity index (χ4n) is 2.55. The van der Waals surface area contributed by atoms with Gasteiger partial charge in [-0.05, 0) is 33.9 Å². The van der Waals surface area contributed by atoms with Crippen molar-refractivity contribution in [3.05, 3.63) is 66.7 Å². The molecule has 0 saturated carbocycles. The third-order valence-corrected chi connectivity index (χ3v) is 4.82. The molecule has 0 saturated heterocycles. The van der Waals surface area contributed by atoms with Crippen molar-refractivity contribution in [3.8, 4) is 11.1 Å². The molecule has 0 nitrogen and oxygen atoms in total. The van der Waals surface area contributed by atoms with Crippen molar-refractivity contribution in [1.29, 1.82) is 0 Å². The first-order valence-electron chi connectivity index (χ1n) is 6.52. The summed E-state index contributed by atoms with van der Waals surface area (Å²) in [5.74, 6) is 0. The van der Waals surface area contributed by atoms with Gasteiger partial charge in [0.1, 0.15) is 7.57 Å². The smallest absolute Gasteiger partial charge is 0.121 e. The summed E-state index contributed by atoms with van der Waals surface area (Å²) in [7, 11) is 2.22. The molecule has 0 amide bonds. The predicted molar refractivity (Wildman–Crippen MR) is 90.4 cm³/mol. The largest absolute Gasteiger partial charge is 0.139 e. The summed E-state index contributed by atoms with van der Waals surface area (Å²) < 4.78 is 0. The fraction of sp³-hybridized carbons (Fsp3) is 0.0588. The van der Waals surface area contributed by atoms with E-state index in [0.29, 0.717) is 0 Å². The highest BCUT2D eigenvalue weighted by Crippen LogP contribution is 2.33. The molecule has 92 valence electrons. The van der Waals surface area contributed by atoms with Crippen molar-refractivity contribution in [2.24, 2.45) is 0 Å². The number of hydrogen-bond acceptors (Lipinski definition) is 0. The van der Waals surface area contributed by atoms with Gasteiger partial charge in [0.05, 0.1) is 0 Å². The van der Waals surface area contributed by atoms with Gasteiger partial charge < -0.3 is 0 Å². The summed E-state index contributed by atoms with van der Waals surface area (Å²) in [5.41, 5.74) is 2.74. The molecule has 3 aromatic carbocycles. The molecule has 0 aromatic heterocycles. The van der Waals surface area contributed by atoms with E-state index in [2.05, 4.69) is 81.0 Å². The lowest BCUT2D eigenvalue weighted by Crippen LogP contribution is -2.04. The number of rotatable bonds is 2. The van der Waals surface area contributed by atoms with Crippen molar-refractivity contribution < 1.29 is 0 Å². The zero-order valence-corrected chi connectivity index (χ0v) is 12.2. The van der Waals surface area contributed by atoms with Gasteiger partial charge in [0.2, 0.25) is 0 Å². The van der Waals surface area contributed by atoms with E-state index >= 15 is 0 Å². The van der Waals surface area contributed by atoms with Gasteiger partial charge in [-0.1, -0.05) is 66.7 Å². The van der Waals surface area contributed by atoms with E-state index in [-0.39, 0.29) is 7.80 Å². The second kappa shape index (κ2) is 5.19. The Bertz CT molecular complexity index is 714. The molecule has 1 atom stereocenters. The minimum absolute atomic E-state index is 0.0954. The fourth-order valence-corrected chi connectivity index (χ4v) is 3.61. The topological polar surface area (TPSA) is 0 Å². The van der Waals surface area contributed by atoms with Gasteiger partial charge in [0.25, 0.3) is 0 Å². The quantitative estimate of drug-likeness (QED) is 0.487. The molecule has 0 aliphatic heterocycles. The Morgan fingerprint density at radius 3 is 2.21 bits per heavy atom. The Morgan fingerprint density at radius 1 is 0.737 bits per heavy atom. The molecule has 0 N–H and O–H groups in total. The number of benzene rings is 3. The molecule has 0 unspecified atom stereocenters. The second-order valence-electron chi connectivity index (χ2n) is 4.94. The highest BCUT2D eigenvalue weighted by molar-refractivity contribution is 7.87. The Hall–Kier alpha value is -1.59. The molecule has 0 aliphatic rings. The van der Waals surface area contributed by atoms with Crippen molar-refractivity contribution >= 4 is 31.4 Å². The maximum Gasteiger partial charge on any atom is 0.139 e. The van der Waals surface area contributed by atoms with Crippen LogP contribution in [-0.4, -0.2) is 14.2 Å². The normalized spacial score (nSPS) is 12.5. The minimum atomic E-state index is -0.0954. The zero-order valence-electron chi connectivity index (χ0n) is 11.3. The lowest BCUT2D eigenvalue weighted by molar-refractivity contribution is 1.68. The third-order valence-electron chi connectivity index (χ3n) is 3.47. The number of hydrogen-bond donors (Lipinski definition) is 0. The zero-order chi connectivity index (χ0) is 13.2. The molecule has 0 aliphatic carbocycles. The first-order valence-corrected chi connectivity index (χ1v) is 8.75. The first kappa shape index (κ1) is 12.4. The first-order chi connectivity index (χ1) is 9.27. The van der Waals surface area contributed by atoms with Gasteiger partial charge in [-0.2, -0.15) is 0 Å². The third kappa shape index (κ3) is 2.31. The van der Waals surface area contributed by atoms with Crippen molar-refractivity contribution in [2.45, 2.75) is 0 Å². The number of fused-ring (bicyclic) bond motifs is 1. The maximum absolute atomic E-state index is 2.32. The van der Waals surface area contributed by atoms with Crippen LogP contribution in [0.1, 0.15) is 0 Å². The standard InChI is InChI=1S/C17H16BP/c1-19(18)17-12-5-4-10-16(17)15-11-6-8-13-7-2-3-9-14(13)15/h2-12H,18H2,1H3/t19-/m0/s1. The van der Waals surface area contributed by atoms with Gasteiger partial charge in [-0.15, -0.1) is 7.80 Å². The molecule has 0 fully saturated rings. The second-order valence-corrected chi connectivity index (χ2v) is 7.21. The van der Waals surface area contributed by atoms with Gasteiger partial charge in [-0.3, -0.25) is 0 Å². The van der Waals surface area contributed by atoms with Crippen LogP contribution in [0.4, 0.5) is 0 Å². The van der Waals surface area contributed by atoms with Crippen LogP contribution in [-0.2, 0) is 0 Å². The summed E-state index contributed by atoms with van der Waals surface area (Å²) in [6, 6.07) is 24.0. The molecule has 2 heteroatoms. The van der Waals surface area contributed by atoms with E-state index in [1.54, 1.807) is 0 Å².